The van der Waals surface area contributed by atoms with E-state index >= 15 is 0 Å². The van der Waals surface area contributed by atoms with Gasteiger partial charge in [-0.2, -0.15) is 5.10 Å². The summed E-state index contributed by atoms with van der Waals surface area (Å²) < 4.78 is 1.03. The molecule has 0 bridgehead atoms. The molecule has 1 aromatic carbocycles. The number of rotatable bonds is 2. The third kappa shape index (κ3) is 3.85. The Morgan fingerprint density at radius 1 is 1.57 bits per heavy atom. The van der Waals surface area contributed by atoms with Gasteiger partial charge >= 0.3 is 0 Å². The Bertz CT molecular complexity index is 352. The van der Waals surface area contributed by atoms with Crippen molar-refractivity contribution < 1.29 is 0 Å². The molecule has 3 nitrogen and oxygen atoms in total. The first-order chi connectivity index (χ1) is 6.72. The Morgan fingerprint density at radius 2 is 2.36 bits per heavy atom. The van der Waals surface area contributed by atoms with Crippen LogP contribution in [0, 0.1) is 0 Å². The largest absolute Gasteiger partial charge is 0.364 e. The normalized spacial score (nSPS) is 10.1. The summed E-state index contributed by atoms with van der Waals surface area (Å²) in [7, 11) is 1.74. The Balaban J connectivity index is 2.56. The lowest BCUT2D eigenvalue weighted by Crippen LogP contribution is -2.28. The fraction of sp³-hybridized carbons (Fsp3) is 0.111. The van der Waals surface area contributed by atoms with Crippen molar-refractivity contribution in [2.45, 2.75) is 0 Å². The van der Waals surface area contributed by atoms with Gasteiger partial charge < -0.3 is 5.32 Å². The van der Waals surface area contributed by atoms with Gasteiger partial charge in [-0.05, 0) is 29.9 Å². The van der Waals surface area contributed by atoms with Gasteiger partial charge in [-0.3, -0.25) is 5.43 Å². The van der Waals surface area contributed by atoms with Gasteiger partial charge in [0.15, 0.2) is 5.11 Å². The van der Waals surface area contributed by atoms with Crippen molar-refractivity contribution >= 4 is 39.5 Å². The van der Waals surface area contributed by atoms with E-state index in [1.165, 1.54) is 0 Å². The van der Waals surface area contributed by atoms with E-state index in [2.05, 4.69) is 31.8 Å². The van der Waals surface area contributed by atoms with E-state index in [0.717, 1.165) is 10.0 Å². The highest BCUT2D eigenvalue weighted by Crippen LogP contribution is 2.09. The van der Waals surface area contributed by atoms with E-state index in [4.69, 9.17) is 12.2 Å². The van der Waals surface area contributed by atoms with Gasteiger partial charge in [0.1, 0.15) is 0 Å². The van der Waals surface area contributed by atoms with Gasteiger partial charge in [0.2, 0.25) is 0 Å². The Labute approximate surface area is 96.7 Å². The Hall–Kier alpha value is -0.940. The smallest absolute Gasteiger partial charge is 0.186 e. The van der Waals surface area contributed by atoms with Gasteiger partial charge in [-0.15, -0.1) is 0 Å². The molecular weight excluding hydrogens is 262 g/mol. The topological polar surface area (TPSA) is 36.4 Å². The first-order valence-electron chi connectivity index (χ1n) is 3.98. The molecule has 0 atom stereocenters. The predicted molar refractivity (Wildman–Crippen MR) is 66.5 cm³/mol. The van der Waals surface area contributed by atoms with Crippen molar-refractivity contribution in [2.24, 2.45) is 5.10 Å². The second-order valence-electron chi connectivity index (χ2n) is 2.50. The number of benzene rings is 1. The number of nitrogens with one attached hydrogen (secondary N) is 2. The molecular formula is C9H10BrN3S. The van der Waals surface area contributed by atoms with Crippen LogP contribution in [0.3, 0.4) is 0 Å². The van der Waals surface area contributed by atoms with Crippen LogP contribution in [-0.2, 0) is 0 Å². The zero-order valence-corrected chi connectivity index (χ0v) is 10.0. The van der Waals surface area contributed by atoms with E-state index in [-0.39, 0.29) is 0 Å². The highest BCUT2D eigenvalue weighted by Gasteiger charge is 1.89. The van der Waals surface area contributed by atoms with E-state index in [1.54, 1.807) is 13.3 Å². The van der Waals surface area contributed by atoms with Crippen molar-refractivity contribution in [1.82, 2.24) is 10.7 Å². The molecule has 0 aliphatic rings. The summed E-state index contributed by atoms with van der Waals surface area (Å²) in [5.74, 6) is 0. The predicted octanol–water partition coefficient (Wildman–Crippen LogP) is 1.88. The molecule has 1 aromatic rings. The SMILES string of the molecule is CNC(=S)N/N=C/c1cccc(Br)c1. The zero-order valence-electron chi connectivity index (χ0n) is 7.62. The summed E-state index contributed by atoms with van der Waals surface area (Å²) in [6.45, 7) is 0. The third-order valence-electron chi connectivity index (χ3n) is 1.46. The average molecular weight is 272 g/mol. The molecule has 0 radical (unpaired) electrons. The minimum atomic E-state index is 0.497. The van der Waals surface area contributed by atoms with Crippen molar-refractivity contribution in [3.05, 3.63) is 34.3 Å². The molecule has 0 fully saturated rings. The standard InChI is InChI=1S/C9H10BrN3S/c1-11-9(14)13-12-6-7-3-2-4-8(10)5-7/h2-6H,1H3,(H2,11,13,14)/b12-6+. The van der Waals surface area contributed by atoms with E-state index < -0.39 is 0 Å². The van der Waals surface area contributed by atoms with Crippen molar-refractivity contribution in [1.29, 1.82) is 0 Å². The van der Waals surface area contributed by atoms with Crippen LogP contribution in [0.2, 0.25) is 0 Å². The van der Waals surface area contributed by atoms with Crippen LogP contribution < -0.4 is 10.7 Å². The van der Waals surface area contributed by atoms with Crippen LogP contribution in [-0.4, -0.2) is 18.4 Å². The van der Waals surface area contributed by atoms with Crippen molar-refractivity contribution in [3.63, 3.8) is 0 Å². The second kappa shape index (κ2) is 5.72. The highest BCUT2D eigenvalue weighted by atomic mass is 79.9. The summed E-state index contributed by atoms with van der Waals surface area (Å²) in [5.41, 5.74) is 3.68. The van der Waals surface area contributed by atoms with Gasteiger partial charge in [0.05, 0.1) is 6.21 Å². The lowest BCUT2D eigenvalue weighted by atomic mass is 10.2. The quantitative estimate of drug-likeness (QED) is 0.490. The Morgan fingerprint density at radius 3 is 3.00 bits per heavy atom. The molecule has 0 spiro atoms. The molecule has 0 unspecified atom stereocenters. The van der Waals surface area contributed by atoms with E-state index in [1.807, 2.05) is 24.3 Å². The van der Waals surface area contributed by atoms with Crippen LogP contribution in [0.1, 0.15) is 5.56 Å². The molecule has 5 heteroatoms. The lowest BCUT2D eigenvalue weighted by molar-refractivity contribution is 0.982. The molecule has 0 saturated heterocycles. The minimum Gasteiger partial charge on any atom is -0.364 e. The number of nitrogens with zero attached hydrogens (tertiary/aromatic N) is 1. The van der Waals surface area contributed by atoms with E-state index in [0.29, 0.717) is 5.11 Å². The summed E-state index contributed by atoms with van der Waals surface area (Å²) in [5, 5.41) is 7.21. The fourth-order valence-corrected chi connectivity index (χ4v) is 1.28. The molecule has 0 amide bonds. The summed E-state index contributed by atoms with van der Waals surface area (Å²) >= 11 is 8.23. The van der Waals surface area contributed by atoms with Crippen molar-refractivity contribution in [2.75, 3.05) is 7.05 Å². The second-order valence-corrected chi connectivity index (χ2v) is 3.83. The monoisotopic (exact) mass is 271 g/mol. The third-order valence-corrected chi connectivity index (χ3v) is 2.24. The summed E-state index contributed by atoms with van der Waals surface area (Å²) in [6, 6.07) is 7.83. The van der Waals surface area contributed by atoms with Gasteiger partial charge in [0, 0.05) is 11.5 Å². The van der Waals surface area contributed by atoms with Crippen LogP contribution >= 0.6 is 28.1 Å². The lowest BCUT2D eigenvalue weighted by Gasteiger charge is -1.99. The molecule has 2 N–H and O–H groups in total. The van der Waals surface area contributed by atoms with Crippen LogP contribution in [0.5, 0.6) is 0 Å². The van der Waals surface area contributed by atoms with Gasteiger partial charge in [-0.1, -0.05) is 28.1 Å². The van der Waals surface area contributed by atoms with E-state index in [9.17, 15) is 0 Å². The molecule has 14 heavy (non-hydrogen) atoms. The highest BCUT2D eigenvalue weighted by molar-refractivity contribution is 9.10. The molecule has 74 valence electrons. The first-order valence-corrected chi connectivity index (χ1v) is 5.19. The number of thiocarbonyl (C=S) groups is 1. The molecule has 0 aromatic heterocycles. The molecule has 0 saturated carbocycles. The Kier molecular flexibility index (Phi) is 4.55. The zero-order chi connectivity index (χ0) is 10.4. The number of halogens is 1. The molecule has 0 aliphatic heterocycles. The maximum atomic E-state index is 4.85. The number of hydrazone groups is 1. The summed E-state index contributed by atoms with van der Waals surface area (Å²) in [6.07, 6.45) is 1.70. The molecule has 0 aliphatic carbocycles. The van der Waals surface area contributed by atoms with Crippen LogP contribution in [0.4, 0.5) is 0 Å². The first kappa shape index (κ1) is 11.1. The van der Waals surface area contributed by atoms with Crippen LogP contribution in [0.25, 0.3) is 0 Å². The maximum absolute atomic E-state index is 4.85. The number of hydrogen-bond donors (Lipinski definition) is 2. The molecule has 1 rings (SSSR count). The minimum absolute atomic E-state index is 0.497. The summed E-state index contributed by atoms with van der Waals surface area (Å²) in [4.78, 5) is 0. The average Bonchev–Trinajstić information content (AvgIpc) is 2.17. The number of hydrogen-bond acceptors (Lipinski definition) is 2. The van der Waals surface area contributed by atoms with Crippen LogP contribution in [0.15, 0.2) is 33.8 Å². The van der Waals surface area contributed by atoms with Gasteiger partial charge in [0.25, 0.3) is 0 Å². The van der Waals surface area contributed by atoms with Crippen molar-refractivity contribution in [3.8, 4) is 0 Å². The van der Waals surface area contributed by atoms with Gasteiger partial charge in [-0.25, -0.2) is 0 Å². The maximum Gasteiger partial charge on any atom is 0.186 e. The fourth-order valence-electron chi connectivity index (χ4n) is 0.808. The molecule has 0 heterocycles.